The third kappa shape index (κ3) is 14.4. The van der Waals surface area contributed by atoms with E-state index in [0.29, 0.717) is 6.42 Å². The monoisotopic (exact) mass is 242 g/mol. The highest BCUT2D eigenvalue weighted by atomic mass is 35.5. The normalized spacial score (nSPS) is 8.43. The van der Waals surface area contributed by atoms with Crippen molar-refractivity contribution in [2.75, 3.05) is 0 Å². The first-order valence-corrected chi connectivity index (χ1v) is 4.68. The Morgan fingerprint density at radius 1 is 1.00 bits per heavy atom. The molecule has 0 heterocycles. The lowest BCUT2D eigenvalue weighted by atomic mass is 10.1. The van der Waals surface area contributed by atoms with Crippen molar-refractivity contribution < 1.29 is 9.59 Å². The molecule has 0 rings (SSSR count). The predicted octanol–water partition coefficient (Wildman–Crippen LogP) is 3.35. The van der Waals surface area contributed by atoms with E-state index in [-0.39, 0.29) is 42.8 Å². The average Bonchev–Trinajstić information content (AvgIpc) is 1.97. The summed E-state index contributed by atoms with van der Waals surface area (Å²) in [5.41, 5.74) is 0. The zero-order chi connectivity index (χ0) is 9.40. The zero-order valence-corrected chi connectivity index (χ0v) is 10.5. The molecule has 0 amide bonds. The molecule has 0 aromatic carbocycles. The van der Waals surface area contributed by atoms with Gasteiger partial charge < -0.3 is 0 Å². The van der Waals surface area contributed by atoms with Gasteiger partial charge in [-0.15, -0.1) is 24.8 Å². The number of hydrogen-bond donors (Lipinski definition) is 0. The van der Waals surface area contributed by atoms with Crippen LogP contribution in [-0.2, 0) is 9.59 Å². The molecule has 0 fully saturated rings. The number of halogens is 2. The van der Waals surface area contributed by atoms with Crippen LogP contribution in [-0.4, -0.2) is 11.6 Å². The molecule has 0 N–H and O–H groups in total. The van der Waals surface area contributed by atoms with Crippen LogP contribution in [0.4, 0.5) is 0 Å². The Labute approximate surface area is 98.7 Å². The molecule has 0 saturated heterocycles. The van der Waals surface area contributed by atoms with Crippen LogP contribution in [0.3, 0.4) is 0 Å². The summed E-state index contributed by atoms with van der Waals surface area (Å²) in [7, 11) is 0. The molecule has 0 atom stereocenters. The Hall–Kier alpha value is -0.0800. The summed E-state index contributed by atoms with van der Waals surface area (Å²) in [4.78, 5) is 21.5. The van der Waals surface area contributed by atoms with Crippen molar-refractivity contribution in [3.05, 3.63) is 0 Å². The van der Waals surface area contributed by atoms with Crippen molar-refractivity contribution in [2.45, 2.75) is 52.4 Å². The minimum atomic E-state index is -0.0181. The van der Waals surface area contributed by atoms with Gasteiger partial charge in [0.25, 0.3) is 0 Å². The third-order valence-electron chi connectivity index (χ3n) is 1.76. The van der Waals surface area contributed by atoms with Crippen LogP contribution in [0, 0.1) is 0 Å². The molecule has 0 aliphatic carbocycles. The molecular formula is C10H20Cl2O2. The van der Waals surface area contributed by atoms with E-state index in [9.17, 15) is 9.59 Å². The molecule has 0 aliphatic rings. The summed E-state index contributed by atoms with van der Waals surface area (Å²) in [5.74, 6) is 0.0779. The Balaban J connectivity index is -0.000000605. The Kier molecular flexibility index (Phi) is 18.0. The lowest BCUT2D eigenvalue weighted by Crippen LogP contribution is -2.03. The summed E-state index contributed by atoms with van der Waals surface area (Å²) < 4.78 is 0. The fraction of sp³-hybridized carbons (Fsp3) is 0.800. The first-order valence-electron chi connectivity index (χ1n) is 4.68. The Bertz CT molecular complexity index is 158. The van der Waals surface area contributed by atoms with Gasteiger partial charge in [0.1, 0.15) is 11.6 Å². The lowest BCUT2D eigenvalue weighted by molar-refractivity contribution is -0.125. The quantitative estimate of drug-likeness (QED) is 0.507. The van der Waals surface area contributed by atoms with Crippen LogP contribution in [0.25, 0.3) is 0 Å². The van der Waals surface area contributed by atoms with Crippen LogP contribution in [0.5, 0.6) is 0 Å². The molecule has 0 spiro atoms. The standard InChI is InChI=1S/C10H18O2.2ClH/c1-3-4-5-6-7-10(12)8-9(2)11;;/h3-8H2,1-2H3;2*1H. The van der Waals surface area contributed by atoms with Crippen molar-refractivity contribution in [1.29, 1.82) is 0 Å². The van der Waals surface area contributed by atoms with E-state index >= 15 is 0 Å². The van der Waals surface area contributed by atoms with Crippen molar-refractivity contribution in [1.82, 2.24) is 0 Å². The topological polar surface area (TPSA) is 34.1 Å². The molecule has 0 bridgehead atoms. The Morgan fingerprint density at radius 2 is 1.57 bits per heavy atom. The second kappa shape index (κ2) is 12.9. The molecule has 0 radical (unpaired) electrons. The van der Waals surface area contributed by atoms with Crippen LogP contribution in [0.15, 0.2) is 0 Å². The largest absolute Gasteiger partial charge is 0.300 e. The van der Waals surface area contributed by atoms with E-state index in [1.807, 2.05) is 0 Å². The average molecular weight is 243 g/mol. The van der Waals surface area contributed by atoms with Gasteiger partial charge in [-0.25, -0.2) is 0 Å². The predicted molar refractivity (Wildman–Crippen MR) is 63.6 cm³/mol. The summed E-state index contributed by atoms with van der Waals surface area (Å²) in [5, 5.41) is 0. The second-order valence-electron chi connectivity index (χ2n) is 3.23. The maximum Gasteiger partial charge on any atom is 0.140 e. The number of Topliss-reactive ketones (excluding diaryl/α,β-unsaturated/α-hetero) is 2. The maximum absolute atomic E-state index is 11.0. The van der Waals surface area contributed by atoms with E-state index in [0.717, 1.165) is 12.8 Å². The zero-order valence-electron chi connectivity index (χ0n) is 8.88. The van der Waals surface area contributed by atoms with Crippen molar-refractivity contribution >= 4 is 36.4 Å². The van der Waals surface area contributed by atoms with Gasteiger partial charge in [-0.2, -0.15) is 0 Å². The summed E-state index contributed by atoms with van der Waals surface area (Å²) in [6, 6.07) is 0. The first-order chi connectivity index (χ1) is 5.66. The van der Waals surface area contributed by atoms with Crippen molar-refractivity contribution in [3.63, 3.8) is 0 Å². The van der Waals surface area contributed by atoms with E-state index in [4.69, 9.17) is 0 Å². The van der Waals surface area contributed by atoms with Gasteiger partial charge in [-0.1, -0.05) is 26.2 Å². The minimum Gasteiger partial charge on any atom is -0.300 e. The number of unbranched alkanes of at least 4 members (excludes halogenated alkanes) is 3. The molecule has 2 nitrogen and oxygen atoms in total. The van der Waals surface area contributed by atoms with E-state index < -0.39 is 0 Å². The number of carbonyl (C=O) groups is 2. The molecule has 14 heavy (non-hydrogen) atoms. The fourth-order valence-corrected chi connectivity index (χ4v) is 1.11. The van der Waals surface area contributed by atoms with Gasteiger partial charge in [-0.05, 0) is 13.3 Å². The molecule has 0 unspecified atom stereocenters. The highest BCUT2D eigenvalue weighted by Gasteiger charge is 2.03. The minimum absolute atomic E-state index is 0. The van der Waals surface area contributed by atoms with Gasteiger partial charge in [0.15, 0.2) is 0 Å². The second-order valence-corrected chi connectivity index (χ2v) is 3.23. The van der Waals surface area contributed by atoms with Crippen LogP contribution < -0.4 is 0 Å². The molecular weight excluding hydrogens is 223 g/mol. The Morgan fingerprint density at radius 3 is 2.00 bits per heavy atom. The van der Waals surface area contributed by atoms with E-state index in [1.165, 1.54) is 19.8 Å². The van der Waals surface area contributed by atoms with Gasteiger partial charge in [0.2, 0.25) is 0 Å². The van der Waals surface area contributed by atoms with E-state index in [1.54, 1.807) is 0 Å². The number of hydrogen-bond acceptors (Lipinski definition) is 2. The molecule has 0 aromatic heterocycles. The molecule has 86 valence electrons. The van der Waals surface area contributed by atoms with E-state index in [2.05, 4.69) is 6.92 Å². The molecule has 0 aliphatic heterocycles. The summed E-state index contributed by atoms with van der Waals surface area (Å²) >= 11 is 0. The number of ketones is 2. The number of carbonyl (C=O) groups excluding carboxylic acids is 2. The van der Waals surface area contributed by atoms with Gasteiger partial charge in [-0.3, -0.25) is 9.59 Å². The van der Waals surface area contributed by atoms with Crippen LogP contribution in [0.1, 0.15) is 52.4 Å². The number of rotatable bonds is 7. The van der Waals surface area contributed by atoms with Crippen molar-refractivity contribution in [3.8, 4) is 0 Å². The SMILES string of the molecule is CCCCCCC(=O)CC(C)=O.Cl.Cl. The maximum atomic E-state index is 11.0. The summed E-state index contributed by atoms with van der Waals surface area (Å²) in [6.45, 7) is 3.60. The smallest absolute Gasteiger partial charge is 0.140 e. The van der Waals surface area contributed by atoms with Gasteiger partial charge in [0.05, 0.1) is 6.42 Å². The highest BCUT2D eigenvalue weighted by molar-refractivity contribution is 5.97. The van der Waals surface area contributed by atoms with Crippen molar-refractivity contribution in [2.24, 2.45) is 0 Å². The third-order valence-corrected chi connectivity index (χ3v) is 1.76. The van der Waals surface area contributed by atoms with Gasteiger partial charge in [0, 0.05) is 6.42 Å². The van der Waals surface area contributed by atoms with Crippen LogP contribution >= 0.6 is 24.8 Å². The van der Waals surface area contributed by atoms with Gasteiger partial charge >= 0.3 is 0 Å². The first kappa shape index (κ1) is 19.5. The fourth-order valence-electron chi connectivity index (χ4n) is 1.11. The molecule has 0 aromatic rings. The molecule has 4 heteroatoms. The lowest BCUT2D eigenvalue weighted by Gasteiger charge is -1.97. The van der Waals surface area contributed by atoms with Crippen LogP contribution in [0.2, 0.25) is 0 Å². The molecule has 0 saturated carbocycles. The highest BCUT2D eigenvalue weighted by Crippen LogP contribution is 2.04. The summed E-state index contributed by atoms with van der Waals surface area (Å²) in [6.07, 6.45) is 5.14.